The number of sulfonamides is 1. The number of fused-ring (bicyclic) bond motifs is 1. The van der Waals surface area contributed by atoms with Crippen molar-refractivity contribution in [3.8, 4) is 5.75 Å². The molecule has 0 atom stereocenters. The highest BCUT2D eigenvalue weighted by molar-refractivity contribution is 7.92. The number of carbonyl (C=O) groups is 1. The van der Waals surface area contributed by atoms with E-state index in [9.17, 15) is 13.2 Å². The fraction of sp³-hybridized carbons (Fsp3) is 0.433. The van der Waals surface area contributed by atoms with Crippen molar-refractivity contribution in [2.24, 2.45) is 0 Å². The summed E-state index contributed by atoms with van der Waals surface area (Å²) in [5.74, 6) is 0.408. The van der Waals surface area contributed by atoms with Crippen LogP contribution >= 0.6 is 0 Å². The highest BCUT2D eigenvalue weighted by Crippen LogP contribution is 2.34. The Balaban J connectivity index is 1.19. The predicted molar refractivity (Wildman–Crippen MR) is 153 cm³/mol. The van der Waals surface area contributed by atoms with Gasteiger partial charge in [-0.05, 0) is 60.7 Å². The van der Waals surface area contributed by atoms with Gasteiger partial charge < -0.3 is 20.4 Å². The number of H-pyrrole nitrogens is 1. The first kappa shape index (κ1) is 27.3. The van der Waals surface area contributed by atoms with Gasteiger partial charge in [-0.25, -0.2) is 8.42 Å². The average molecular weight is 551 g/mol. The van der Waals surface area contributed by atoms with Crippen molar-refractivity contribution in [2.75, 3.05) is 11.8 Å². The van der Waals surface area contributed by atoms with Crippen LogP contribution in [0, 0.1) is 6.92 Å². The van der Waals surface area contributed by atoms with Crippen molar-refractivity contribution in [1.82, 2.24) is 15.6 Å². The molecule has 1 fully saturated rings. The molecule has 4 N–H and O–H groups in total. The molecule has 9 heteroatoms. The van der Waals surface area contributed by atoms with Gasteiger partial charge in [-0.3, -0.25) is 9.52 Å². The maximum absolute atomic E-state index is 12.9. The van der Waals surface area contributed by atoms with Gasteiger partial charge >= 0.3 is 0 Å². The zero-order chi connectivity index (χ0) is 27.5. The van der Waals surface area contributed by atoms with Gasteiger partial charge in [0.25, 0.3) is 15.9 Å². The zero-order valence-corrected chi connectivity index (χ0v) is 23.5. The van der Waals surface area contributed by atoms with Gasteiger partial charge in [0.15, 0.2) is 0 Å². The van der Waals surface area contributed by atoms with Gasteiger partial charge in [-0.1, -0.05) is 50.3 Å². The summed E-state index contributed by atoms with van der Waals surface area (Å²) in [6.45, 7) is 2.92. The quantitative estimate of drug-likeness (QED) is 0.323. The minimum Gasteiger partial charge on any atom is -0.497 e. The lowest BCUT2D eigenvalue weighted by molar-refractivity contribution is 0.0946. The number of aromatic nitrogens is 1. The molecule has 1 aromatic heterocycles. The van der Waals surface area contributed by atoms with E-state index in [0.29, 0.717) is 23.7 Å². The molecule has 0 radical (unpaired) electrons. The van der Waals surface area contributed by atoms with Crippen LogP contribution in [-0.2, 0) is 29.5 Å². The molecule has 1 saturated carbocycles. The van der Waals surface area contributed by atoms with Gasteiger partial charge in [0.05, 0.1) is 17.7 Å². The molecule has 2 aromatic carbocycles. The van der Waals surface area contributed by atoms with Crippen molar-refractivity contribution in [2.45, 2.75) is 81.8 Å². The summed E-state index contributed by atoms with van der Waals surface area (Å²) >= 11 is 0. The van der Waals surface area contributed by atoms with E-state index in [1.807, 2.05) is 13.0 Å². The summed E-state index contributed by atoms with van der Waals surface area (Å²) in [5.41, 5.74) is 5.13. The van der Waals surface area contributed by atoms with Gasteiger partial charge in [0.2, 0.25) is 0 Å². The summed E-state index contributed by atoms with van der Waals surface area (Å²) < 4.78 is 33.7. The molecule has 0 bridgehead atoms. The molecular formula is C30H38N4O4S. The van der Waals surface area contributed by atoms with E-state index >= 15 is 0 Å². The maximum Gasteiger partial charge on any atom is 0.267 e. The van der Waals surface area contributed by atoms with Crippen LogP contribution in [0.5, 0.6) is 5.75 Å². The Morgan fingerprint density at radius 2 is 1.72 bits per heavy atom. The van der Waals surface area contributed by atoms with Crippen LogP contribution in [-0.4, -0.2) is 32.0 Å². The molecule has 0 unspecified atom stereocenters. The molecule has 1 spiro atoms. The molecule has 2 heterocycles. The van der Waals surface area contributed by atoms with E-state index in [-0.39, 0.29) is 16.3 Å². The number of nitrogens with one attached hydrogen (secondary N) is 4. The second-order valence-electron chi connectivity index (χ2n) is 10.9. The Hall–Kier alpha value is -3.30. The molecule has 5 rings (SSSR count). The molecule has 1 aliphatic carbocycles. The van der Waals surface area contributed by atoms with E-state index in [1.165, 1.54) is 63.3 Å². The van der Waals surface area contributed by atoms with Crippen molar-refractivity contribution < 1.29 is 17.9 Å². The second kappa shape index (κ2) is 11.4. The molecule has 0 saturated heterocycles. The highest BCUT2D eigenvalue weighted by Gasteiger charge is 2.35. The van der Waals surface area contributed by atoms with E-state index in [1.54, 1.807) is 42.5 Å². The fourth-order valence-electron chi connectivity index (χ4n) is 5.70. The van der Waals surface area contributed by atoms with Crippen LogP contribution in [0.2, 0.25) is 0 Å². The predicted octanol–water partition coefficient (Wildman–Crippen LogP) is 5.19. The van der Waals surface area contributed by atoms with Crippen LogP contribution < -0.4 is 20.1 Å². The number of hydrogen-bond donors (Lipinski definition) is 4. The first-order valence-electron chi connectivity index (χ1n) is 13.8. The van der Waals surface area contributed by atoms with Crippen LogP contribution in [0.1, 0.15) is 77.8 Å². The third-order valence-corrected chi connectivity index (χ3v) is 9.47. The largest absolute Gasteiger partial charge is 0.497 e. The summed E-state index contributed by atoms with van der Waals surface area (Å²) in [6, 6.07) is 13.7. The number of amides is 1. The van der Waals surface area contributed by atoms with E-state index in [4.69, 9.17) is 4.74 Å². The number of rotatable bonds is 7. The molecule has 39 heavy (non-hydrogen) atoms. The number of aryl methyl sites for hydroxylation is 1. The number of aromatic amines is 1. The lowest BCUT2D eigenvalue weighted by Gasteiger charge is -2.40. The van der Waals surface area contributed by atoms with E-state index in [2.05, 4.69) is 20.3 Å². The molecule has 1 aliphatic heterocycles. The molecule has 1 amide bonds. The molecule has 3 aromatic rings. The molecule has 2 aliphatic rings. The van der Waals surface area contributed by atoms with Crippen molar-refractivity contribution in [1.29, 1.82) is 0 Å². The molecule has 8 nitrogen and oxygen atoms in total. The van der Waals surface area contributed by atoms with Crippen LogP contribution in [0.4, 0.5) is 5.69 Å². The number of anilines is 1. The van der Waals surface area contributed by atoms with Crippen molar-refractivity contribution in [3.63, 3.8) is 0 Å². The SMILES string of the molecule is COc1ccc(C)c(NS(=O)(=O)c2ccc(CNC(=O)c3cc4c([nH]3)CC3(CCCCCCC3)NC4)cc2)c1. The van der Waals surface area contributed by atoms with Crippen LogP contribution in [0.3, 0.4) is 0 Å². The fourth-order valence-corrected chi connectivity index (χ4v) is 6.82. The smallest absolute Gasteiger partial charge is 0.267 e. The number of methoxy groups -OCH3 is 1. The van der Waals surface area contributed by atoms with Crippen LogP contribution in [0.15, 0.2) is 53.4 Å². The Labute approximate surface area is 231 Å². The van der Waals surface area contributed by atoms with Crippen molar-refractivity contribution in [3.05, 3.63) is 76.6 Å². The number of hydrogen-bond acceptors (Lipinski definition) is 5. The second-order valence-corrected chi connectivity index (χ2v) is 12.6. The average Bonchev–Trinajstić information content (AvgIpc) is 3.34. The van der Waals surface area contributed by atoms with Gasteiger partial charge in [0, 0.05) is 36.8 Å². The van der Waals surface area contributed by atoms with Gasteiger partial charge in [0.1, 0.15) is 11.4 Å². The number of benzene rings is 2. The minimum absolute atomic E-state index is 0.146. The molecular weight excluding hydrogens is 512 g/mol. The number of carbonyl (C=O) groups excluding carboxylic acids is 1. The lowest BCUT2D eigenvalue weighted by Crippen LogP contribution is -2.50. The lowest BCUT2D eigenvalue weighted by atomic mass is 9.78. The Morgan fingerprint density at radius 3 is 2.44 bits per heavy atom. The first-order valence-corrected chi connectivity index (χ1v) is 15.3. The third-order valence-electron chi connectivity index (χ3n) is 8.09. The maximum atomic E-state index is 12.9. The standard InChI is InChI=1S/C30H38N4O4S/c1-21-8-11-24(38-2)17-26(21)34-39(36,37)25-12-9-22(10-13-25)19-31-29(35)27-16-23-20-32-30(18-28(23)33-27)14-6-4-3-5-7-15-30/h8-13,16-17,32-34H,3-7,14-15,18-20H2,1-2H3,(H,31,35). The normalized spacial score (nSPS) is 17.1. The molecule has 208 valence electrons. The monoisotopic (exact) mass is 550 g/mol. The minimum atomic E-state index is -3.77. The summed E-state index contributed by atoms with van der Waals surface area (Å²) in [5, 5.41) is 6.76. The Kier molecular flexibility index (Phi) is 8.00. The third kappa shape index (κ3) is 6.31. The zero-order valence-electron chi connectivity index (χ0n) is 22.7. The first-order chi connectivity index (χ1) is 18.8. The number of ether oxygens (including phenoxy) is 1. The van der Waals surface area contributed by atoms with E-state index in [0.717, 1.165) is 24.1 Å². The van der Waals surface area contributed by atoms with E-state index < -0.39 is 10.0 Å². The topological polar surface area (TPSA) is 112 Å². The Bertz CT molecular complexity index is 1420. The summed E-state index contributed by atoms with van der Waals surface area (Å²) in [4.78, 5) is 16.5. The highest BCUT2D eigenvalue weighted by atomic mass is 32.2. The van der Waals surface area contributed by atoms with Gasteiger partial charge in [-0.2, -0.15) is 0 Å². The van der Waals surface area contributed by atoms with Gasteiger partial charge in [-0.15, -0.1) is 0 Å². The van der Waals surface area contributed by atoms with Crippen LogP contribution in [0.25, 0.3) is 0 Å². The summed E-state index contributed by atoms with van der Waals surface area (Å²) in [7, 11) is -2.24. The van der Waals surface area contributed by atoms with Crippen molar-refractivity contribution >= 4 is 21.6 Å². The Morgan fingerprint density at radius 1 is 1.00 bits per heavy atom. The summed E-state index contributed by atoms with van der Waals surface area (Å²) in [6.07, 6.45) is 9.78.